The van der Waals surface area contributed by atoms with Crippen LogP contribution in [0.2, 0.25) is 0 Å². The summed E-state index contributed by atoms with van der Waals surface area (Å²) in [5, 5.41) is 0. The molecule has 0 radical (unpaired) electrons. The molecule has 2 N–H and O–H groups in total. The van der Waals surface area contributed by atoms with Gasteiger partial charge in [0.25, 0.3) is 0 Å². The fraction of sp³-hybridized carbons (Fsp3) is 0.222. The molecule has 2 aromatic rings. The van der Waals surface area contributed by atoms with Crippen molar-refractivity contribution in [2.24, 2.45) is 5.73 Å². The number of benzene rings is 2. The van der Waals surface area contributed by atoms with Gasteiger partial charge in [-0.05, 0) is 43.0 Å². The minimum Gasteiger partial charge on any atom is -0.405 e. The number of aryl methyl sites for hydroxylation is 2. The van der Waals surface area contributed by atoms with Crippen LogP contribution in [0.4, 0.5) is 0 Å². The highest BCUT2D eigenvalue weighted by Crippen LogP contribution is 2.14. The SMILES string of the molecule is Cl.NC=C(CCc1ccccc1)CCc1ccccc1. The van der Waals surface area contributed by atoms with Crippen molar-refractivity contribution in [3.05, 3.63) is 83.6 Å². The van der Waals surface area contributed by atoms with Crippen LogP contribution in [0.5, 0.6) is 0 Å². The zero-order chi connectivity index (χ0) is 13.3. The van der Waals surface area contributed by atoms with Crippen molar-refractivity contribution >= 4 is 12.4 Å². The number of rotatable bonds is 6. The maximum absolute atomic E-state index is 5.74. The van der Waals surface area contributed by atoms with Crippen molar-refractivity contribution < 1.29 is 0 Å². The van der Waals surface area contributed by atoms with Crippen molar-refractivity contribution in [2.75, 3.05) is 0 Å². The highest BCUT2D eigenvalue weighted by Gasteiger charge is 2.00. The van der Waals surface area contributed by atoms with Crippen LogP contribution in [0, 0.1) is 0 Å². The molecule has 0 unspecified atom stereocenters. The van der Waals surface area contributed by atoms with Crippen LogP contribution >= 0.6 is 12.4 Å². The van der Waals surface area contributed by atoms with Gasteiger partial charge in [0, 0.05) is 0 Å². The van der Waals surface area contributed by atoms with Gasteiger partial charge in [-0.2, -0.15) is 0 Å². The van der Waals surface area contributed by atoms with Gasteiger partial charge < -0.3 is 5.73 Å². The first-order valence-corrected chi connectivity index (χ1v) is 6.86. The summed E-state index contributed by atoms with van der Waals surface area (Å²) in [6, 6.07) is 21.1. The van der Waals surface area contributed by atoms with E-state index in [1.165, 1.54) is 16.7 Å². The molecule has 2 aromatic carbocycles. The maximum atomic E-state index is 5.74. The Morgan fingerprint density at radius 3 is 1.50 bits per heavy atom. The first-order valence-electron chi connectivity index (χ1n) is 6.86. The molecule has 0 saturated heterocycles. The molecule has 0 bridgehead atoms. The predicted molar refractivity (Wildman–Crippen MR) is 89.0 cm³/mol. The third kappa shape index (κ3) is 5.50. The zero-order valence-corrected chi connectivity index (χ0v) is 12.5. The average molecular weight is 288 g/mol. The number of hydrogen-bond acceptors (Lipinski definition) is 1. The zero-order valence-electron chi connectivity index (χ0n) is 11.7. The molecular weight excluding hydrogens is 266 g/mol. The third-order valence-corrected chi connectivity index (χ3v) is 3.39. The van der Waals surface area contributed by atoms with Crippen LogP contribution in [0.15, 0.2) is 72.4 Å². The number of halogens is 1. The van der Waals surface area contributed by atoms with Gasteiger partial charge in [0.05, 0.1) is 0 Å². The summed E-state index contributed by atoms with van der Waals surface area (Å²) < 4.78 is 0. The molecule has 20 heavy (non-hydrogen) atoms. The van der Waals surface area contributed by atoms with Gasteiger partial charge >= 0.3 is 0 Å². The lowest BCUT2D eigenvalue weighted by molar-refractivity contribution is 0.831. The van der Waals surface area contributed by atoms with E-state index in [0.29, 0.717) is 0 Å². The summed E-state index contributed by atoms with van der Waals surface area (Å²) >= 11 is 0. The maximum Gasteiger partial charge on any atom is -0.00702 e. The molecule has 0 saturated carbocycles. The quantitative estimate of drug-likeness (QED) is 0.831. The van der Waals surface area contributed by atoms with Gasteiger partial charge in [0.15, 0.2) is 0 Å². The van der Waals surface area contributed by atoms with Crippen LogP contribution in [-0.4, -0.2) is 0 Å². The van der Waals surface area contributed by atoms with Gasteiger partial charge in [-0.25, -0.2) is 0 Å². The molecule has 2 rings (SSSR count). The standard InChI is InChI=1S/C18H21N.ClH/c19-15-18(13-11-16-7-3-1-4-8-16)14-12-17-9-5-2-6-10-17;/h1-10,15H,11-14,19H2;1H. The normalized spacial score (nSPS) is 9.60. The average Bonchev–Trinajstić information content (AvgIpc) is 2.49. The van der Waals surface area contributed by atoms with Crippen molar-refractivity contribution in [1.82, 2.24) is 0 Å². The predicted octanol–water partition coefficient (Wildman–Crippen LogP) is 4.52. The Bertz CT molecular complexity index is 460. The molecule has 0 aliphatic rings. The second-order valence-electron chi connectivity index (χ2n) is 4.80. The Labute approximate surface area is 127 Å². The second kappa shape index (κ2) is 9.22. The molecular formula is C18H22ClN. The molecule has 1 nitrogen and oxygen atoms in total. The van der Waals surface area contributed by atoms with Crippen LogP contribution in [0.3, 0.4) is 0 Å². The first kappa shape index (κ1) is 16.3. The smallest absolute Gasteiger partial charge is 0.00702 e. The first-order chi connectivity index (χ1) is 9.38. The molecule has 0 amide bonds. The van der Waals surface area contributed by atoms with E-state index in [1.54, 1.807) is 6.20 Å². The van der Waals surface area contributed by atoms with E-state index in [-0.39, 0.29) is 12.4 Å². The summed E-state index contributed by atoms with van der Waals surface area (Å²) in [5.41, 5.74) is 9.83. The summed E-state index contributed by atoms with van der Waals surface area (Å²) in [6.07, 6.45) is 6.02. The van der Waals surface area contributed by atoms with Crippen molar-refractivity contribution in [3.63, 3.8) is 0 Å². The Morgan fingerprint density at radius 1 is 0.750 bits per heavy atom. The third-order valence-electron chi connectivity index (χ3n) is 3.39. The van der Waals surface area contributed by atoms with E-state index >= 15 is 0 Å². The van der Waals surface area contributed by atoms with Crippen LogP contribution in [0.25, 0.3) is 0 Å². The van der Waals surface area contributed by atoms with Crippen LogP contribution < -0.4 is 5.73 Å². The minimum absolute atomic E-state index is 0. The van der Waals surface area contributed by atoms with Crippen LogP contribution in [-0.2, 0) is 12.8 Å². The van der Waals surface area contributed by atoms with Gasteiger partial charge in [-0.3, -0.25) is 0 Å². The molecule has 0 aliphatic heterocycles. The Kier molecular flexibility index (Phi) is 7.52. The Hall–Kier alpha value is -1.73. The van der Waals surface area contributed by atoms with E-state index in [0.717, 1.165) is 25.7 Å². The lowest BCUT2D eigenvalue weighted by Gasteiger charge is -2.07. The fourth-order valence-corrected chi connectivity index (χ4v) is 2.19. The van der Waals surface area contributed by atoms with Crippen molar-refractivity contribution in [3.8, 4) is 0 Å². The van der Waals surface area contributed by atoms with E-state index in [1.807, 2.05) is 0 Å². The lowest BCUT2D eigenvalue weighted by atomic mass is 9.99. The molecule has 0 heterocycles. The highest BCUT2D eigenvalue weighted by molar-refractivity contribution is 5.85. The van der Waals surface area contributed by atoms with Crippen molar-refractivity contribution in [1.29, 1.82) is 0 Å². The summed E-state index contributed by atoms with van der Waals surface area (Å²) in [7, 11) is 0. The number of hydrogen-bond donors (Lipinski definition) is 1. The van der Waals surface area contributed by atoms with Crippen molar-refractivity contribution in [2.45, 2.75) is 25.7 Å². The molecule has 0 atom stereocenters. The summed E-state index contributed by atoms with van der Waals surface area (Å²) in [5.74, 6) is 0. The molecule has 0 aliphatic carbocycles. The van der Waals surface area contributed by atoms with E-state index in [9.17, 15) is 0 Å². The molecule has 106 valence electrons. The van der Waals surface area contributed by atoms with E-state index in [4.69, 9.17) is 5.73 Å². The second-order valence-corrected chi connectivity index (χ2v) is 4.80. The molecule has 2 heteroatoms. The monoisotopic (exact) mass is 287 g/mol. The van der Waals surface area contributed by atoms with Crippen LogP contribution in [0.1, 0.15) is 24.0 Å². The molecule has 0 spiro atoms. The highest BCUT2D eigenvalue weighted by atomic mass is 35.5. The topological polar surface area (TPSA) is 26.0 Å². The largest absolute Gasteiger partial charge is 0.405 e. The molecule has 0 fully saturated rings. The van der Waals surface area contributed by atoms with E-state index < -0.39 is 0 Å². The summed E-state index contributed by atoms with van der Waals surface area (Å²) in [6.45, 7) is 0. The Balaban J connectivity index is 0.00000200. The minimum atomic E-state index is 0. The van der Waals surface area contributed by atoms with Gasteiger partial charge in [0.1, 0.15) is 0 Å². The summed E-state index contributed by atoms with van der Waals surface area (Å²) in [4.78, 5) is 0. The Morgan fingerprint density at radius 2 is 1.15 bits per heavy atom. The van der Waals surface area contributed by atoms with Gasteiger partial charge in [0.2, 0.25) is 0 Å². The van der Waals surface area contributed by atoms with Gasteiger partial charge in [-0.1, -0.05) is 66.2 Å². The lowest BCUT2D eigenvalue weighted by Crippen LogP contribution is -1.96. The molecule has 0 aromatic heterocycles. The fourth-order valence-electron chi connectivity index (χ4n) is 2.19. The number of allylic oxidation sites excluding steroid dienone is 1. The van der Waals surface area contributed by atoms with E-state index in [2.05, 4.69) is 60.7 Å². The number of nitrogens with two attached hydrogens (primary N) is 1. The van der Waals surface area contributed by atoms with Gasteiger partial charge in [-0.15, -0.1) is 12.4 Å².